The molecule has 2 aliphatic heterocycles. The van der Waals surface area contributed by atoms with E-state index in [1.54, 1.807) is 36.1 Å². The van der Waals surface area contributed by atoms with E-state index in [0.29, 0.717) is 22.0 Å². The number of aryl methyl sites for hydroxylation is 2. The molecular formula is C24H21ClN6O3S. The van der Waals surface area contributed by atoms with Crippen molar-refractivity contribution in [2.45, 2.75) is 24.6 Å². The number of aromatic nitrogens is 3. The molecule has 9 nitrogen and oxygen atoms in total. The number of amides is 3. The van der Waals surface area contributed by atoms with Gasteiger partial charge in [0.15, 0.2) is 0 Å². The number of anilines is 1. The number of imide groups is 1. The molecule has 1 fully saturated rings. The van der Waals surface area contributed by atoms with E-state index in [9.17, 15) is 14.9 Å². The average Bonchev–Trinajstić information content (AvgIpc) is 3.44. The van der Waals surface area contributed by atoms with Gasteiger partial charge in [-0.3, -0.25) is 14.5 Å². The zero-order valence-corrected chi connectivity index (χ0v) is 20.8. The van der Waals surface area contributed by atoms with Crippen molar-refractivity contribution in [3.05, 3.63) is 52.9 Å². The lowest BCUT2D eigenvalue weighted by molar-refractivity contribution is -0.119. The number of nitriles is 1. The molecule has 3 amide bonds. The number of carbonyl (C=O) groups is 2. The van der Waals surface area contributed by atoms with Gasteiger partial charge in [-0.1, -0.05) is 11.6 Å². The van der Waals surface area contributed by atoms with Crippen LogP contribution in [0.3, 0.4) is 0 Å². The van der Waals surface area contributed by atoms with Crippen LogP contribution >= 0.6 is 23.4 Å². The van der Waals surface area contributed by atoms with Gasteiger partial charge in [-0.15, -0.1) is 11.8 Å². The minimum atomic E-state index is -0.578. The van der Waals surface area contributed by atoms with Gasteiger partial charge in [-0.05, 0) is 36.3 Å². The third kappa shape index (κ3) is 3.72. The second kappa shape index (κ2) is 8.91. The summed E-state index contributed by atoms with van der Waals surface area (Å²) in [5.74, 6) is 0.196. The maximum absolute atomic E-state index is 13.8. The molecule has 2 aliphatic rings. The van der Waals surface area contributed by atoms with Crippen LogP contribution in [0.1, 0.15) is 17.5 Å². The molecule has 0 N–H and O–H groups in total. The van der Waals surface area contributed by atoms with E-state index >= 15 is 0 Å². The fourth-order valence-electron chi connectivity index (χ4n) is 4.56. The first kappa shape index (κ1) is 23.2. The SMILES string of the molecule is COc1cc(C2=CC3C(S2)C(=O)N(c2cncc4cnn(C)c24)C(=O)N3CCC#N)c(C)cc1Cl. The number of thioether (sulfide) groups is 1. The Morgan fingerprint density at radius 3 is 2.80 bits per heavy atom. The monoisotopic (exact) mass is 508 g/mol. The fraction of sp³-hybridized carbons (Fsp3) is 0.292. The van der Waals surface area contributed by atoms with Gasteiger partial charge in [0.1, 0.15) is 11.0 Å². The highest BCUT2D eigenvalue weighted by Gasteiger charge is 2.50. The maximum Gasteiger partial charge on any atom is 0.332 e. The van der Waals surface area contributed by atoms with Crippen molar-refractivity contribution in [1.29, 1.82) is 5.26 Å². The van der Waals surface area contributed by atoms with Crippen LogP contribution < -0.4 is 9.64 Å². The third-order valence-electron chi connectivity index (χ3n) is 6.24. The average molecular weight is 509 g/mol. The van der Waals surface area contributed by atoms with Crippen molar-refractivity contribution < 1.29 is 14.3 Å². The highest BCUT2D eigenvalue weighted by Crippen LogP contribution is 2.47. The Hall–Kier alpha value is -3.55. The number of rotatable bonds is 5. The first-order valence-electron chi connectivity index (χ1n) is 10.9. The van der Waals surface area contributed by atoms with E-state index in [4.69, 9.17) is 16.3 Å². The van der Waals surface area contributed by atoms with Crippen LogP contribution in [-0.4, -0.2) is 56.5 Å². The highest BCUT2D eigenvalue weighted by atomic mass is 35.5. The van der Waals surface area contributed by atoms with E-state index in [-0.39, 0.29) is 18.9 Å². The molecule has 35 heavy (non-hydrogen) atoms. The minimum absolute atomic E-state index is 0.146. The second-order valence-corrected chi connectivity index (χ2v) is 9.87. The molecule has 0 radical (unpaired) electrons. The molecule has 0 spiro atoms. The van der Waals surface area contributed by atoms with Crippen molar-refractivity contribution in [2.75, 3.05) is 18.6 Å². The Morgan fingerprint density at radius 2 is 2.06 bits per heavy atom. The number of pyridine rings is 1. The van der Waals surface area contributed by atoms with E-state index in [1.807, 2.05) is 25.1 Å². The lowest BCUT2D eigenvalue weighted by Crippen LogP contribution is -2.62. The molecule has 3 aromatic rings. The summed E-state index contributed by atoms with van der Waals surface area (Å²) in [5, 5.41) is 14.1. The van der Waals surface area contributed by atoms with Crippen LogP contribution in [0.4, 0.5) is 10.5 Å². The zero-order valence-electron chi connectivity index (χ0n) is 19.2. The van der Waals surface area contributed by atoms with Crippen LogP contribution in [-0.2, 0) is 11.8 Å². The molecule has 178 valence electrons. The highest BCUT2D eigenvalue weighted by molar-refractivity contribution is 8.09. The Morgan fingerprint density at radius 1 is 1.26 bits per heavy atom. The summed E-state index contributed by atoms with van der Waals surface area (Å²) in [6.45, 7) is 2.13. The normalized spacial score (nSPS) is 19.7. The van der Waals surface area contributed by atoms with Gasteiger partial charge >= 0.3 is 6.03 Å². The van der Waals surface area contributed by atoms with Crippen LogP contribution in [0.5, 0.6) is 5.75 Å². The topological polar surface area (TPSA) is 104 Å². The number of urea groups is 1. The van der Waals surface area contributed by atoms with Crippen molar-refractivity contribution in [3.63, 3.8) is 0 Å². The van der Waals surface area contributed by atoms with Crippen molar-refractivity contribution in [1.82, 2.24) is 19.7 Å². The predicted octanol–water partition coefficient (Wildman–Crippen LogP) is 4.15. The lowest BCUT2D eigenvalue weighted by Gasteiger charge is -2.40. The standard InChI is InChI=1S/C24H21ClN6O3S/c1-13-7-16(25)19(34-3)8-15(13)20-9-17-22(35-20)23(32)31(24(33)30(17)6-4-5-26)18-12-27-10-14-11-28-29(2)21(14)18/h7-12,17,22H,4,6H2,1-3H3. The quantitative estimate of drug-likeness (QED) is 0.510. The summed E-state index contributed by atoms with van der Waals surface area (Å²) in [5.41, 5.74) is 2.82. The van der Waals surface area contributed by atoms with Gasteiger partial charge < -0.3 is 9.64 Å². The maximum atomic E-state index is 13.8. The fourth-order valence-corrected chi connectivity index (χ4v) is 6.26. The van der Waals surface area contributed by atoms with Gasteiger partial charge in [0.05, 0.1) is 54.3 Å². The molecule has 0 aliphatic carbocycles. The number of fused-ring (bicyclic) bond motifs is 2. The zero-order chi connectivity index (χ0) is 24.9. The third-order valence-corrected chi connectivity index (χ3v) is 7.88. The van der Waals surface area contributed by atoms with Crippen LogP contribution in [0.15, 0.2) is 36.8 Å². The van der Waals surface area contributed by atoms with E-state index < -0.39 is 17.3 Å². The number of nitrogens with zero attached hydrogens (tertiary/aromatic N) is 6. The minimum Gasteiger partial charge on any atom is -0.495 e. The lowest BCUT2D eigenvalue weighted by atomic mass is 10.0. The van der Waals surface area contributed by atoms with Gasteiger partial charge in [-0.25, -0.2) is 9.69 Å². The van der Waals surface area contributed by atoms with E-state index in [2.05, 4.69) is 16.2 Å². The van der Waals surface area contributed by atoms with Gasteiger partial charge in [-0.2, -0.15) is 10.4 Å². The molecule has 5 rings (SSSR count). The summed E-state index contributed by atoms with van der Waals surface area (Å²) < 4.78 is 7.01. The van der Waals surface area contributed by atoms with Crippen LogP contribution in [0, 0.1) is 18.3 Å². The van der Waals surface area contributed by atoms with Crippen molar-refractivity contribution >= 4 is 56.8 Å². The first-order chi connectivity index (χ1) is 16.8. The Kier molecular flexibility index (Phi) is 5.91. The van der Waals surface area contributed by atoms with Gasteiger partial charge in [0.25, 0.3) is 5.91 Å². The van der Waals surface area contributed by atoms with Crippen LogP contribution in [0.25, 0.3) is 15.8 Å². The number of carbonyl (C=O) groups excluding carboxylic acids is 2. The van der Waals surface area contributed by atoms with E-state index in [1.165, 1.54) is 22.9 Å². The number of hydrogen-bond acceptors (Lipinski definition) is 7. The first-order valence-corrected chi connectivity index (χ1v) is 12.1. The molecular weight excluding hydrogens is 488 g/mol. The second-order valence-electron chi connectivity index (χ2n) is 8.28. The molecule has 0 saturated carbocycles. The molecule has 0 bridgehead atoms. The predicted molar refractivity (Wildman–Crippen MR) is 134 cm³/mol. The molecule has 1 aromatic carbocycles. The number of benzene rings is 1. The Labute approximate surface area is 210 Å². The number of halogens is 1. The smallest absolute Gasteiger partial charge is 0.332 e. The number of methoxy groups -OCH3 is 1. The van der Waals surface area contributed by atoms with Crippen molar-refractivity contribution in [3.8, 4) is 11.8 Å². The Balaban J connectivity index is 1.59. The van der Waals surface area contributed by atoms with Crippen molar-refractivity contribution in [2.24, 2.45) is 7.05 Å². The number of ether oxygens (including phenoxy) is 1. The summed E-state index contributed by atoms with van der Waals surface area (Å²) in [4.78, 5) is 35.4. The number of hydrogen-bond donors (Lipinski definition) is 0. The summed E-state index contributed by atoms with van der Waals surface area (Å²) in [6.07, 6.45) is 6.86. The van der Waals surface area contributed by atoms with Gasteiger partial charge in [0.2, 0.25) is 0 Å². The van der Waals surface area contributed by atoms with E-state index in [0.717, 1.165) is 21.4 Å². The Bertz CT molecular complexity index is 1450. The molecule has 11 heteroatoms. The summed E-state index contributed by atoms with van der Waals surface area (Å²) >= 11 is 7.68. The largest absolute Gasteiger partial charge is 0.495 e. The van der Waals surface area contributed by atoms with Crippen LogP contribution in [0.2, 0.25) is 5.02 Å². The molecule has 2 atom stereocenters. The summed E-state index contributed by atoms with van der Waals surface area (Å²) in [7, 11) is 3.30. The molecule has 2 unspecified atom stereocenters. The molecule has 1 saturated heterocycles. The molecule has 2 aromatic heterocycles. The summed E-state index contributed by atoms with van der Waals surface area (Å²) in [6, 6.07) is 4.80. The molecule has 4 heterocycles. The van der Waals surface area contributed by atoms with Gasteiger partial charge in [0, 0.05) is 30.1 Å².